The number of rotatable bonds is 5. The molecular formula is C9H10BrF2NO4S2. The van der Waals surface area contributed by atoms with Gasteiger partial charge < -0.3 is 0 Å². The molecule has 5 nitrogen and oxygen atoms in total. The molecule has 0 unspecified atom stereocenters. The molecule has 0 atom stereocenters. The largest absolute Gasteiger partial charge is 0.278 e. The van der Waals surface area contributed by atoms with E-state index in [1.54, 1.807) is 4.72 Å². The highest BCUT2D eigenvalue weighted by Gasteiger charge is 2.19. The van der Waals surface area contributed by atoms with E-state index >= 15 is 0 Å². The number of hydrogen-bond donors (Lipinski definition) is 1. The monoisotopic (exact) mass is 377 g/mol. The molecule has 0 aliphatic rings. The number of halogens is 3. The minimum Gasteiger partial charge on any atom is -0.278 e. The molecule has 0 bridgehead atoms. The van der Waals surface area contributed by atoms with Crippen LogP contribution in [0.15, 0.2) is 16.6 Å². The smallest absolute Gasteiger partial charge is 0.233 e. The highest BCUT2D eigenvalue weighted by molar-refractivity contribution is 9.10. The van der Waals surface area contributed by atoms with Crippen LogP contribution in [0, 0.1) is 11.6 Å². The second-order valence-electron chi connectivity index (χ2n) is 3.80. The Morgan fingerprint density at radius 2 is 1.58 bits per heavy atom. The van der Waals surface area contributed by atoms with Crippen molar-refractivity contribution in [3.8, 4) is 0 Å². The van der Waals surface area contributed by atoms with Crippen LogP contribution in [-0.2, 0) is 19.9 Å². The maximum Gasteiger partial charge on any atom is 0.233 e. The highest BCUT2D eigenvalue weighted by Crippen LogP contribution is 2.24. The second-order valence-corrected chi connectivity index (χ2v) is 8.81. The van der Waals surface area contributed by atoms with Crippen LogP contribution in [0.5, 0.6) is 0 Å². The molecule has 0 spiro atoms. The van der Waals surface area contributed by atoms with Crippen molar-refractivity contribution < 1.29 is 25.6 Å². The van der Waals surface area contributed by atoms with Crippen LogP contribution in [0.1, 0.15) is 0 Å². The normalized spacial score (nSPS) is 12.4. The van der Waals surface area contributed by atoms with Gasteiger partial charge in [-0.15, -0.1) is 0 Å². The molecule has 0 aromatic heterocycles. The van der Waals surface area contributed by atoms with Gasteiger partial charge in [0.2, 0.25) is 10.0 Å². The van der Waals surface area contributed by atoms with Gasteiger partial charge >= 0.3 is 0 Å². The van der Waals surface area contributed by atoms with E-state index in [-0.39, 0.29) is 4.47 Å². The van der Waals surface area contributed by atoms with E-state index < -0.39 is 48.7 Å². The molecule has 1 rings (SSSR count). The Hall–Kier alpha value is -0.740. The van der Waals surface area contributed by atoms with Crippen LogP contribution in [0.4, 0.5) is 14.5 Å². The van der Waals surface area contributed by atoms with Crippen molar-refractivity contribution >= 4 is 41.5 Å². The summed E-state index contributed by atoms with van der Waals surface area (Å²) in [4.78, 5) is 0. The third-order valence-corrected chi connectivity index (χ3v) is 4.91. The number of sulfonamides is 1. The average Bonchev–Trinajstić information content (AvgIpc) is 2.20. The van der Waals surface area contributed by atoms with E-state index in [1.165, 1.54) is 0 Å². The first-order valence-electron chi connectivity index (χ1n) is 4.83. The standard InChI is InChI=1S/C9H10BrF2NO4S2/c1-18(14,15)2-3-19(16,17)13-9-7(11)4-6(10)5-8(9)12/h4-5,13H,2-3H2,1H3. The van der Waals surface area contributed by atoms with Gasteiger partial charge in [0.1, 0.15) is 15.5 Å². The number of anilines is 1. The van der Waals surface area contributed by atoms with Crippen LogP contribution in [0.3, 0.4) is 0 Å². The zero-order valence-corrected chi connectivity index (χ0v) is 12.9. The Bertz CT molecular complexity index is 665. The molecule has 0 aliphatic heterocycles. The van der Waals surface area contributed by atoms with Gasteiger partial charge in [-0.2, -0.15) is 0 Å². The molecule has 10 heteroatoms. The third kappa shape index (κ3) is 5.41. The fourth-order valence-electron chi connectivity index (χ4n) is 1.11. The van der Waals surface area contributed by atoms with E-state index in [1.807, 2.05) is 0 Å². The number of nitrogens with one attached hydrogen (secondary N) is 1. The molecule has 1 aromatic rings. The summed E-state index contributed by atoms with van der Waals surface area (Å²) in [5, 5.41) is 0. The highest BCUT2D eigenvalue weighted by atomic mass is 79.9. The fraction of sp³-hybridized carbons (Fsp3) is 0.333. The average molecular weight is 378 g/mol. The summed E-state index contributed by atoms with van der Waals surface area (Å²) in [5.74, 6) is -3.62. The Morgan fingerprint density at radius 3 is 2.00 bits per heavy atom. The Kier molecular flexibility index (Phi) is 4.91. The maximum absolute atomic E-state index is 13.4. The van der Waals surface area contributed by atoms with Crippen LogP contribution in [0.25, 0.3) is 0 Å². The molecule has 0 fully saturated rings. The Labute approximate surface area is 118 Å². The van der Waals surface area contributed by atoms with Crippen molar-refractivity contribution in [1.29, 1.82) is 0 Å². The second kappa shape index (κ2) is 5.71. The van der Waals surface area contributed by atoms with Gasteiger partial charge in [0.25, 0.3) is 0 Å². The van der Waals surface area contributed by atoms with Gasteiger partial charge in [-0.25, -0.2) is 25.6 Å². The van der Waals surface area contributed by atoms with Gasteiger partial charge in [-0.3, -0.25) is 4.72 Å². The minimum atomic E-state index is -4.15. The van der Waals surface area contributed by atoms with Crippen LogP contribution in [0.2, 0.25) is 0 Å². The van der Waals surface area contributed by atoms with Crippen molar-refractivity contribution in [2.75, 3.05) is 22.5 Å². The van der Waals surface area contributed by atoms with Crippen LogP contribution < -0.4 is 4.72 Å². The third-order valence-electron chi connectivity index (χ3n) is 1.99. The number of hydrogen-bond acceptors (Lipinski definition) is 4. The summed E-state index contributed by atoms with van der Waals surface area (Å²) in [6.45, 7) is 0. The maximum atomic E-state index is 13.4. The quantitative estimate of drug-likeness (QED) is 0.843. The van der Waals surface area contributed by atoms with Gasteiger partial charge in [0.15, 0.2) is 11.6 Å². The zero-order valence-electron chi connectivity index (χ0n) is 9.65. The van der Waals surface area contributed by atoms with Crippen LogP contribution >= 0.6 is 15.9 Å². The van der Waals surface area contributed by atoms with Crippen molar-refractivity contribution in [1.82, 2.24) is 0 Å². The lowest BCUT2D eigenvalue weighted by Gasteiger charge is -2.09. The Balaban J connectivity index is 2.96. The molecule has 0 radical (unpaired) electrons. The first-order chi connectivity index (χ1) is 8.50. The Morgan fingerprint density at radius 1 is 1.11 bits per heavy atom. The molecule has 1 aromatic carbocycles. The molecule has 0 heterocycles. The summed E-state index contributed by atoms with van der Waals surface area (Å²) >= 11 is 2.85. The molecule has 19 heavy (non-hydrogen) atoms. The topological polar surface area (TPSA) is 80.3 Å². The molecule has 0 saturated carbocycles. The summed E-state index contributed by atoms with van der Waals surface area (Å²) < 4.78 is 73.4. The molecule has 1 N–H and O–H groups in total. The van der Waals surface area contributed by atoms with E-state index in [4.69, 9.17) is 0 Å². The van der Waals surface area contributed by atoms with E-state index in [9.17, 15) is 25.6 Å². The van der Waals surface area contributed by atoms with Gasteiger partial charge in [0, 0.05) is 10.7 Å². The van der Waals surface area contributed by atoms with Gasteiger partial charge in [0.05, 0.1) is 11.5 Å². The lowest BCUT2D eigenvalue weighted by atomic mass is 10.3. The van der Waals surface area contributed by atoms with Crippen LogP contribution in [-0.4, -0.2) is 34.6 Å². The summed E-state index contributed by atoms with van der Waals surface area (Å²) in [6.07, 6.45) is 0.864. The lowest BCUT2D eigenvalue weighted by Crippen LogP contribution is -2.23. The minimum absolute atomic E-state index is 0.113. The van der Waals surface area contributed by atoms with Gasteiger partial charge in [-0.1, -0.05) is 15.9 Å². The van der Waals surface area contributed by atoms with E-state index in [0.717, 1.165) is 18.4 Å². The number of sulfone groups is 1. The molecule has 0 amide bonds. The zero-order chi connectivity index (χ0) is 14.8. The fourth-order valence-corrected chi connectivity index (χ4v) is 4.21. The molecular weight excluding hydrogens is 368 g/mol. The van der Waals surface area contributed by atoms with E-state index in [2.05, 4.69) is 15.9 Å². The summed E-state index contributed by atoms with van der Waals surface area (Å²) in [5.41, 5.74) is -0.836. The molecule has 108 valence electrons. The summed E-state index contributed by atoms with van der Waals surface area (Å²) in [7, 11) is -7.64. The lowest BCUT2D eigenvalue weighted by molar-refractivity contribution is 0.581. The van der Waals surface area contributed by atoms with E-state index in [0.29, 0.717) is 0 Å². The first kappa shape index (κ1) is 16.3. The summed E-state index contributed by atoms with van der Waals surface area (Å²) in [6, 6.07) is 1.77. The molecule has 0 saturated heterocycles. The van der Waals surface area contributed by atoms with Crippen molar-refractivity contribution in [3.63, 3.8) is 0 Å². The van der Waals surface area contributed by atoms with Crippen molar-refractivity contribution in [3.05, 3.63) is 28.2 Å². The van der Waals surface area contributed by atoms with Gasteiger partial charge in [-0.05, 0) is 12.1 Å². The SMILES string of the molecule is CS(=O)(=O)CCS(=O)(=O)Nc1c(F)cc(Br)cc1F. The van der Waals surface area contributed by atoms with Crippen molar-refractivity contribution in [2.45, 2.75) is 0 Å². The predicted octanol–water partition coefficient (Wildman–Crippen LogP) is 1.51. The predicted molar refractivity (Wildman–Crippen MR) is 71.2 cm³/mol. The first-order valence-corrected chi connectivity index (χ1v) is 9.33. The molecule has 0 aliphatic carbocycles. The number of benzene rings is 1. The van der Waals surface area contributed by atoms with Crippen molar-refractivity contribution in [2.24, 2.45) is 0 Å².